The Kier molecular flexibility index (Phi) is 4.52. The van der Waals surface area contributed by atoms with Crippen molar-refractivity contribution in [1.29, 1.82) is 0 Å². The van der Waals surface area contributed by atoms with Gasteiger partial charge in [0, 0.05) is 17.3 Å². The van der Waals surface area contributed by atoms with Crippen molar-refractivity contribution in [2.24, 2.45) is 0 Å². The molecule has 0 fully saturated rings. The first kappa shape index (κ1) is 17.2. The van der Waals surface area contributed by atoms with Gasteiger partial charge in [-0.2, -0.15) is 10.2 Å². The Morgan fingerprint density at radius 3 is 2.92 bits per heavy atom. The number of aryl methyl sites for hydroxylation is 4. The Morgan fingerprint density at radius 2 is 2.15 bits per heavy atom. The number of amides is 1. The molecule has 1 aliphatic carbocycles. The Balaban J connectivity index is 1.43. The van der Waals surface area contributed by atoms with Crippen LogP contribution in [0.1, 0.15) is 55.4 Å². The van der Waals surface area contributed by atoms with Crippen LogP contribution >= 0.6 is 11.3 Å². The molecule has 0 spiro atoms. The van der Waals surface area contributed by atoms with Crippen molar-refractivity contribution in [3.63, 3.8) is 0 Å². The fraction of sp³-hybridized carbons (Fsp3) is 0.556. The van der Waals surface area contributed by atoms with E-state index in [1.54, 1.807) is 11.3 Å². The number of nitrogens with zero attached hydrogens (tertiary/aromatic N) is 5. The molecule has 0 bridgehead atoms. The Bertz CT molecular complexity index is 927. The van der Waals surface area contributed by atoms with Crippen LogP contribution in [0.4, 0.5) is 5.13 Å². The lowest BCUT2D eigenvalue weighted by molar-refractivity contribution is -0.116. The van der Waals surface area contributed by atoms with Crippen molar-refractivity contribution in [3.8, 4) is 0 Å². The van der Waals surface area contributed by atoms with E-state index in [0.717, 1.165) is 34.7 Å². The van der Waals surface area contributed by atoms with Crippen molar-refractivity contribution >= 4 is 33.4 Å². The molecule has 138 valence electrons. The maximum atomic E-state index is 12.3. The Morgan fingerprint density at radius 1 is 1.35 bits per heavy atom. The summed E-state index contributed by atoms with van der Waals surface area (Å²) in [5.74, 6) is -0.0198. The van der Waals surface area contributed by atoms with E-state index >= 15 is 0 Å². The summed E-state index contributed by atoms with van der Waals surface area (Å²) in [6, 6.07) is 0.281. The predicted molar refractivity (Wildman–Crippen MR) is 103 cm³/mol. The molecule has 0 atom stereocenters. The smallest absolute Gasteiger partial charge is 0.228 e. The third-order valence-corrected chi connectivity index (χ3v) is 5.87. The number of nitrogens with one attached hydrogen (secondary N) is 1. The number of rotatable bonds is 5. The summed E-state index contributed by atoms with van der Waals surface area (Å²) in [7, 11) is 0. The summed E-state index contributed by atoms with van der Waals surface area (Å²) in [4.78, 5) is 18.3. The van der Waals surface area contributed by atoms with Crippen LogP contribution in [0.3, 0.4) is 0 Å². The fourth-order valence-electron chi connectivity index (χ4n) is 3.54. The lowest BCUT2D eigenvalue weighted by atomic mass is 10.0. The van der Waals surface area contributed by atoms with E-state index in [1.807, 2.05) is 22.5 Å². The fourth-order valence-corrected chi connectivity index (χ4v) is 4.60. The van der Waals surface area contributed by atoms with E-state index in [9.17, 15) is 4.79 Å². The number of fused-ring (bicyclic) bond motifs is 2. The van der Waals surface area contributed by atoms with E-state index in [2.05, 4.69) is 34.3 Å². The van der Waals surface area contributed by atoms with Crippen LogP contribution in [0.15, 0.2) is 6.20 Å². The van der Waals surface area contributed by atoms with Crippen LogP contribution in [-0.2, 0) is 24.2 Å². The number of anilines is 1. The molecule has 0 aromatic carbocycles. The molecule has 1 aliphatic rings. The minimum absolute atomic E-state index is 0.0198. The summed E-state index contributed by atoms with van der Waals surface area (Å²) in [5, 5.41) is 12.7. The maximum absolute atomic E-state index is 12.3. The van der Waals surface area contributed by atoms with Gasteiger partial charge in [-0.05, 0) is 46.5 Å². The molecule has 26 heavy (non-hydrogen) atoms. The molecule has 4 rings (SSSR count). The number of thiazole rings is 1. The van der Waals surface area contributed by atoms with E-state index < -0.39 is 0 Å². The van der Waals surface area contributed by atoms with Crippen LogP contribution < -0.4 is 5.32 Å². The topological polar surface area (TPSA) is 77.6 Å². The molecule has 7 nitrogen and oxygen atoms in total. The van der Waals surface area contributed by atoms with E-state index in [4.69, 9.17) is 0 Å². The first-order valence-electron chi connectivity index (χ1n) is 9.22. The van der Waals surface area contributed by atoms with Gasteiger partial charge in [0.15, 0.2) is 5.13 Å². The summed E-state index contributed by atoms with van der Waals surface area (Å²) < 4.78 is 3.86. The molecule has 1 N–H and O–H groups in total. The van der Waals surface area contributed by atoms with Crippen LogP contribution in [0.2, 0.25) is 0 Å². The van der Waals surface area contributed by atoms with E-state index in [1.165, 1.54) is 23.4 Å². The van der Waals surface area contributed by atoms with Crippen LogP contribution in [0.25, 0.3) is 11.0 Å². The highest BCUT2D eigenvalue weighted by Gasteiger charge is 2.18. The molecule has 0 aliphatic heterocycles. The van der Waals surface area contributed by atoms with Gasteiger partial charge in [0.05, 0.1) is 24.1 Å². The van der Waals surface area contributed by atoms with Gasteiger partial charge in [0.25, 0.3) is 0 Å². The molecule has 3 aromatic rings. The second-order valence-corrected chi connectivity index (χ2v) is 8.20. The zero-order valence-electron chi connectivity index (χ0n) is 15.4. The van der Waals surface area contributed by atoms with Gasteiger partial charge in [-0.1, -0.05) is 0 Å². The first-order valence-corrected chi connectivity index (χ1v) is 10.0. The molecule has 8 heteroatoms. The average molecular weight is 372 g/mol. The highest BCUT2D eigenvalue weighted by atomic mass is 32.1. The van der Waals surface area contributed by atoms with E-state index in [-0.39, 0.29) is 11.9 Å². The SMILES string of the molecule is Cc1nn(C(C)C)c2cnn(CCC(=O)Nc3nc4c(s3)CCCC4)c12. The van der Waals surface area contributed by atoms with Gasteiger partial charge in [-0.25, -0.2) is 4.98 Å². The Labute approximate surface area is 156 Å². The monoisotopic (exact) mass is 372 g/mol. The largest absolute Gasteiger partial charge is 0.302 e. The molecule has 1 amide bonds. The molecular formula is C18H24N6OS. The van der Waals surface area contributed by atoms with Crippen LogP contribution in [-0.4, -0.2) is 30.5 Å². The summed E-state index contributed by atoms with van der Waals surface area (Å²) in [5.41, 5.74) is 4.14. The van der Waals surface area contributed by atoms with Crippen LogP contribution in [0.5, 0.6) is 0 Å². The molecule has 3 heterocycles. The average Bonchev–Trinajstić information content (AvgIpc) is 3.27. The van der Waals surface area contributed by atoms with Gasteiger partial charge >= 0.3 is 0 Å². The minimum Gasteiger partial charge on any atom is -0.302 e. The Hall–Kier alpha value is -2.22. The third kappa shape index (κ3) is 3.13. The van der Waals surface area contributed by atoms with Gasteiger partial charge in [-0.15, -0.1) is 11.3 Å². The predicted octanol–water partition coefficient (Wildman–Crippen LogP) is 3.49. The zero-order chi connectivity index (χ0) is 18.3. The molecule has 0 radical (unpaired) electrons. The summed E-state index contributed by atoms with van der Waals surface area (Å²) in [6.45, 7) is 6.72. The van der Waals surface area contributed by atoms with Crippen molar-refractivity contribution in [2.75, 3.05) is 5.32 Å². The molecular weight excluding hydrogens is 348 g/mol. The lowest BCUT2D eigenvalue weighted by Crippen LogP contribution is -2.15. The standard InChI is InChI=1S/C18H24N6OS/c1-11(2)24-14-10-19-23(17(14)12(3)22-24)9-8-16(25)21-18-20-13-6-4-5-7-15(13)26-18/h10-11H,4-9H2,1-3H3,(H,20,21,25). The lowest BCUT2D eigenvalue weighted by Gasteiger charge is -2.06. The third-order valence-electron chi connectivity index (χ3n) is 4.80. The van der Waals surface area contributed by atoms with Gasteiger partial charge in [0.2, 0.25) is 5.91 Å². The zero-order valence-corrected chi connectivity index (χ0v) is 16.3. The van der Waals surface area contributed by atoms with Gasteiger partial charge in [0.1, 0.15) is 11.0 Å². The van der Waals surface area contributed by atoms with Crippen LogP contribution in [0, 0.1) is 6.92 Å². The van der Waals surface area contributed by atoms with E-state index in [0.29, 0.717) is 13.0 Å². The molecule has 0 saturated heterocycles. The quantitative estimate of drug-likeness (QED) is 0.744. The number of hydrogen-bond donors (Lipinski definition) is 1. The van der Waals surface area contributed by atoms with Gasteiger partial charge in [-0.3, -0.25) is 14.2 Å². The normalized spacial score (nSPS) is 14.2. The second kappa shape index (κ2) is 6.83. The molecule has 0 unspecified atom stereocenters. The van der Waals surface area contributed by atoms with Crippen molar-refractivity contribution in [1.82, 2.24) is 24.5 Å². The number of hydrogen-bond acceptors (Lipinski definition) is 5. The molecule has 3 aromatic heterocycles. The minimum atomic E-state index is -0.0198. The van der Waals surface area contributed by atoms with Gasteiger partial charge < -0.3 is 5.32 Å². The molecule has 0 saturated carbocycles. The first-order chi connectivity index (χ1) is 12.5. The summed E-state index contributed by atoms with van der Waals surface area (Å²) in [6.07, 6.45) is 6.75. The number of aromatic nitrogens is 5. The number of carbonyl (C=O) groups is 1. The number of carbonyl (C=O) groups excluding carboxylic acids is 1. The van der Waals surface area contributed by atoms with Crippen molar-refractivity contribution in [2.45, 2.75) is 65.5 Å². The highest BCUT2D eigenvalue weighted by molar-refractivity contribution is 7.15. The van der Waals surface area contributed by atoms with Crippen molar-refractivity contribution < 1.29 is 4.79 Å². The second-order valence-electron chi connectivity index (χ2n) is 7.12. The van der Waals surface area contributed by atoms with Crippen molar-refractivity contribution in [3.05, 3.63) is 22.5 Å². The summed E-state index contributed by atoms with van der Waals surface area (Å²) >= 11 is 1.62. The highest BCUT2D eigenvalue weighted by Crippen LogP contribution is 2.29. The maximum Gasteiger partial charge on any atom is 0.228 e.